The zero-order valence-electron chi connectivity index (χ0n) is 23.8. The second kappa shape index (κ2) is 16.4. The van der Waals surface area contributed by atoms with Gasteiger partial charge in [-0.05, 0) is 40.5 Å². The quantitative estimate of drug-likeness (QED) is 0.161. The van der Waals surface area contributed by atoms with E-state index in [2.05, 4.69) is 43.4 Å². The van der Waals surface area contributed by atoms with Crippen LogP contribution in [0.1, 0.15) is 73.0 Å². The number of H-pyrrole nitrogens is 1. The Labute approximate surface area is 245 Å². The highest BCUT2D eigenvalue weighted by Crippen LogP contribution is 2.50. The number of ether oxygens (including phenoxy) is 2. The second-order valence-corrected chi connectivity index (χ2v) is 14.5. The lowest BCUT2D eigenvalue weighted by atomic mass is 10.1. The molecule has 2 aliphatic rings. The minimum Gasteiger partial charge on any atom is -0.370 e. The van der Waals surface area contributed by atoms with Gasteiger partial charge < -0.3 is 18.5 Å². The van der Waals surface area contributed by atoms with E-state index in [0.717, 1.165) is 12.2 Å². The van der Waals surface area contributed by atoms with Crippen molar-refractivity contribution in [2.75, 3.05) is 19.0 Å². The number of hydrogen-bond acceptors (Lipinski definition) is 11. The molecule has 2 aliphatic heterocycles. The smallest absolute Gasteiger partial charge is 0.330 e. The highest BCUT2D eigenvalue weighted by Gasteiger charge is 2.49. The molecule has 0 aromatic carbocycles. The molecule has 0 bridgehead atoms. The van der Waals surface area contributed by atoms with E-state index in [-0.39, 0.29) is 43.9 Å². The Morgan fingerprint density at radius 1 is 1.27 bits per heavy atom. The summed E-state index contributed by atoms with van der Waals surface area (Å²) < 4.78 is 28.9. The van der Waals surface area contributed by atoms with Crippen LogP contribution in [-0.2, 0) is 23.3 Å². The number of hydrogen-bond donors (Lipinski definition) is 1. The zero-order valence-corrected chi connectivity index (χ0v) is 26.3. The van der Waals surface area contributed by atoms with Crippen LogP contribution in [0.15, 0.2) is 21.9 Å². The van der Waals surface area contributed by atoms with E-state index in [1.54, 1.807) is 21.6 Å². The monoisotopic (exact) mass is 616 g/mol. The van der Waals surface area contributed by atoms with Gasteiger partial charge in [-0.25, -0.2) is 9.46 Å². The van der Waals surface area contributed by atoms with Gasteiger partial charge in [0.25, 0.3) is 14.1 Å². The molecule has 2 fully saturated rings. The molecule has 6 atom stereocenters. The molecule has 3 heterocycles. The molecule has 2 saturated heterocycles. The lowest BCUT2D eigenvalue weighted by molar-refractivity contribution is -0.122. The van der Waals surface area contributed by atoms with Crippen molar-refractivity contribution < 1.29 is 23.3 Å². The number of aromatic nitrogens is 2. The molecule has 11 nitrogen and oxygen atoms in total. The van der Waals surface area contributed by atoms with Crippen LogP contribution in [0.2, 0.25) is 0 Å². The Morgan fingerprint density at radius 3 is 2.62 bits per heavy atom. The van der Waals surface area contributed by atoms with Gasteiger partial charge in [-0.15, -0.1) is 0 Å². The van der Waals surface area contributed by atoms with Crippen molar-refractivity contribution in [1.29, 1.82) is 5.26 Å². The fourth-order valence-corrected chi connectivity index (χ4v) is 9.47. The molecule has 1 N–H and O–H groups in total. The van der Waals surface area contributed by atoms with Crippen LogP contribution in [0.5, 0.6) is 0 Å². The molecular formula is C26H41N4O7PS2. The largest absolute Gasteiger partial charge is 0.370 e. The maximum absolute atomic E-state index is 12.7. The topological polar surface area (TPSA) is 136 Å². The number of carbonyl (C=O) groups excluding carboxylic acids is 1. The predicted octanol–water partition coefficient (Wildman–Crippen LogP) is 4.39. The van der Waals surface area contributed by atoms with E-state index in [9.17, 15) is 14.4 Å². The van der Waals surface area contributed by atoms with Gasteiger partial charge in [0, 0.05) is 48.2 Å². The molecule has 224 valence electrons. The normalized spacial score (nSPS) is 25.6. The van der Waals surface area contributed by atoms with Gasteiger partial charge in [-0.3, -0.25) is 19.1 Å². The first kappa shape index (κ1) is 33.3. The van der Waals surface area contributed by atoms with Crippen molar-refractivity contribution in [2.45, 2.75) is 109 Å². The lowest BCUT2D eigenvalue weighted by Crippen LogP contribution is -2.42. The van der Waals surface area contributed by atoms with Crippen LogP contribution in [0.25, 0.3) is 0 Å². The minimum absolute atomic E-state index is 0.0943. The van der Waals surface area contributed by atoms with Gasteiger partial charge in [0.15, 0.2) is 6.23 Å². The standard InChI is InChI=1S/C26H41N4O7PS2/c1-6-21-23(37-38(35-13-7-11-27)30(17(2)3)18(4)5)24(25(36-21)29-12-8-22(32)28-26(29)33)34-14-9-19(31)16-20-10-15-39-40-20/h8,12,17-18,20-21,23-25H,6-7,9-10,13-16H2,1-5H3,(H,28,32,33)/t20?,21-,23?,24+,25-,38?/m1/s1. The summed E-state index contributed by atoms with van der Waals surface area (Å²) in [5.41, 5.74) is -1.13. The molecule has 14 heteroatoms. The molecule has 0 spiro atoms. The maximum atomic E-state index is 12.7. The SMILES string of the molecule is CC[C@H]1O[C@@H](n2ccc(=O)[nH]c2=O)[C@@H](OCCC(=O)CC2CCSS2)C1OP(OCCC#N)N(C(C)C)C(C)C. The predicted molar refractivity (Wildman–Crippen MR) is 158 cm³/mol. The first-order valence-electron chi connectivity index (χ1n) is 13.8. The average Bonchev–Trinajstić information content (AvgIpc) is 3.51. The third-order valence-electron chi connectivity index (χ3n) is 6.56. The molecule has 0 aliphatic carbocycles. The molecule has 0 saturated carbocycles. The number of rotatable bonds is 16. The van der Waals surface area contributed by atoms with Crippen molar-refractivity contribution in [3.8, 4) is 6.07 Å². The van der Waals surface area contributed by atoms with Gasteiger partial charge in [-0.1, -0.05) is 28.5 Å². The van der Waals surface area contributed by atoms with Crippen LogP contribution in [0.3, 0.4) is 0 Å². The van der Waals surface area contributed by atoms with Crippen molar-refractivity contribution in [3.05, 3.63) is 33.1 Å². The summed E-state index contributed by atoms with van der Waals surface area (Å²) in [6.07, 6.45) is 1.27. The highest BCUT2D eigenvalue weighted by molar-refractivity contribution is 8.77. The van der Waals surface area contributed by atoms with E-state index in [1.807, 2.05) is 6.92 Å². The summed E-state index contributed by atoms with van der Waals surface area (Å²) in [7, 11) is 1.95. The maximum Gasteiger partial charge on any atom is 0.330 e. The highest BCUT2D eigenvalue weighted by atomic mass is 33.1. The average molecular weight is 617 g/mol. The van der Waals surface area contributed by atoms with Crippen molar-refractivity contribution in [1.82, 2.24) is 14.2 Å². The fourth-order valence-electron chi connectivity index (χ4n) is 4.76. The molecule has 0 amide bonds. The summed E-state index contributed by atoms with van der Waals surface area (Å²) >= 11 is 0. The number of nitriles is 1. The molecule has 0 radical (unpaired) electrons. The van der Waals surface area contributed by atoms with Crippen molar-refractivity contribution in [2.24, 2.45) is 0 Å². The molecule has 1 aromatic heterocycles. The number of carbonyl (C=O) groups is 1. The third kappa shape index (κ3) is 9.13. The zero-order chi connectivity index (χ0) is 29.2. The Morgan fingerprint density at radius 2 is 2.02 bits per heavy atom. The van der Waals surface area contributed by atoms with Crippen LogP contribution in [0.4, 0.5) is 0 Å². The molecule has 40 heavy (non-hydrogen) atoms. The summed E-state index contributed by atoms with van der Waals surface area (Å²) in [5.74, 6) is 1.20. The number of aromatic amines is 1. The first-order chi connectivity index (χ1) is 19.2. The van der Waals surface area contributed by atoms with Crippen molar-refractivity contribution in [3.63, 3.8) is 0 Å². The molecular weight excluding hydrogens is 575 g/mol. The van der Waals surface area contributed by atoms with Gasteiger partial charge in [0.2, 0.25) is 0 Å². The van der Waals surface area contributed by atoms with Gasteiger partial charge in [0.05, 0.1) is 31.8 Å². The molecule has 3 rings (SSSR count). The van der Waals surface area contributed by atoms with E-state index in [1.165, 1.54) is 16.8 Å². The molecule has 3 unspecified atom stereocenters. The van der Waals surface area contributed by atoms with Crippen LogP contribution in [-0.4, -0.2) is 74.6 Å². The Kier molecular flexibility index (Phi) is 13.7. The lowest BCUT2D eigenvalue weighted by Gasteiger charge is -2.38. The van der Waals surface area contributed by atoms with Gasteiger partial charge in [0.1, 0.15) is 18.0 Å². The van der Waals surface area contributed by atoms with Gasteiger partial charge in [-0.2, -0.15) is 5.26 Å². The van der Waals surface area contributed by atoms with E-state index in [4.69, 9.17) is 23.8 Å². The number of nitrogens with one attached hydrogen (secondary N) is 1. The summed E-state index contributed by atoms with van der Waals surface area (Å²) in [6, 6.07) is 3.55. The first-order valence-corrected chi connectivity index (χ1v) is 17.3. The number of nitrogens with zero attached hydrogens (tertiary/aromatic N) is 3. The third-order valence-corrected chi connectivity index (χ3v) is 11.6. The van der Waals surface area contributed by atoms with Crippen LogP contribution in [0, 0.1) is 11.3 Å². The van der Waals surface area contributed by atoms with Crippen LogP contribution >= 0.6 is 30.1 Å². The Balaban J connectivity index is 1.86. The number of Topliss-reactive ketones (excluding diaryl/α,β-unsaturated/α-hetero) is 1. The summed E-state index contributed by atoms with van der Waals surface area (Å²) in [5, 5.41) is 9.42. The fraction of sp³-hybridized carbons (Fsp3) is 0.769. The van der Waals surface area contributed by atoms with Crippen LogP contribution < -0.4 is 11.2 Å². The second-order valence-electron chi connectivity index (χ2n) is 10.3. The van der Waals surface area contributed by atoms with E-state index >= 15 is 0 Å². The Hall–Kier alpha value is -1.23. The van der Waals surface area contributed by atoms with Gasteiger partial charge >= 0.3 is 5.69 Å². The van der Waals surface area contributed by atoms with E-state index in [0.29, 0.717) is 18.1 Å². The van der Waals surface area contributed by atoms with Crippen molar-refractivity contribution >= 4 is 35.9 Å². The minimum atomic E-state index is -1.62. The number of ketones is 1. The van der Waals surface area contributed by atoms with E-state index < -0.39 is 44.3 Å². The summed E-state index contributed by atoms with van der Waals surface area (Å²) in [6.45, 7) is 10.5. The Bertz CT molecular complexity index is 1100. The summed E-state index contributed by atoms with van der Waals surface area (Å²) in [4.78, 5) is 39.4. The molecule has 1 aromatic rings.